The molecule has 0 fully saturated rings. The van der Waals surface area contributed by atoms with Gasteiger partial charge in [0.2, 0.25) is 0 Å². The average molecular weight is 409 g/mol. The molecule has 2 aromatic carbocycles. The Morgan fingerprint density at radius 1 is 1.11 bits per heavy atom. The van der Waals surface area contributed by atoms with Gasteiger partial charge in [-0.25, -0.2) is 4.68 Å². The summed E-state index contributed by atoms with van der Waals surface area (Å²) >= 11 is 6.29. The van der Waals surface area contributed by atoms with Crippen LogP contribution in [0.1, 0.15) is 27.2 Å². The van der Waals surface area contributed by atoms with Crippen LogP contribution < -0.4 is 10.9 Å². The zero-order valence-electron chi connectivity index (χ0n) is 14.7. The molecule has 1 aromatic heterocycles. The quantitative estimate of drug-likeness (QED) is 0.603. The topological polar surface area (TPSA) is 59.0 Å². The summed E-state index contributed by atoms with van der Waals surface area (Å²) in [6, 6.07) is 14.2. The predicted molar refractivity (Wildman–Crippen MR) is 100 cm³/mol. The number of halogens is 4. The van der Waals surface area contributed by atoms with Crippen LogP contribution in [0.4, 0.5) is 18.9 Å². The number of amides is 1. The van der Waals surface area contributed by atoms with E-state index in [-0.39, 0.29) is 16.4 Å². The van der Waals surface area contributed by atoms with Gasteiger partial charge in [0.05, 0.1) is 23.5 Å². The van der Waals surface area contributed by atoms with Crippen molar-refractivity contribution >= 4 is 23.2 Å². The van der Waals surface area contributed by atoms with E-state index in [1.807, 2.05) is 30.3 Å². The number of hydrogen-bond donors (Lipinski definition) is 2. The number of para-hydroxylation sites is 1. The van der Waals surface area contributed by atoms with Crippen LogP contribution in [0.5, 0.6) is 0 Å². The molecular formula is C19H16ClF3N4O. The van der Waals surface area contributed by atoms with E-state index in [0.29, 0.717) is 12.2 Å². The van der Waals surface area contributed by atoms with Crippen molar-refractivity contribution in [3.63, 3.8) is 0 Å². The third-order valence-corrected chi connectivity index (χ3v) is 4.39. The molecule has 0 spiro atoms. The van der Waals surface area contributed by atoms with Crippen molar-refractivity contribution in [2.75, 3.05) is 5.43 Å². The average Bonchev–Trinajstić information content (AvgIpc) is 2.93. The molecule has 9 heteroatoms. The number of benzene rings is 2. The second kappa shape index (κ2) is 7.93. The maximum atomic E-state index is 13.0. The van der Waals surface area contributed by atoms with Gasteiger partial charge in [-0.3, -0.25) is 15.6 Å². The minimum absolute atomic E-state index is 0.0922. The van der Waals surface area contributed by atoms with Gasteiger partial charge in [-0.1, -0.05) is 54.1 Å². The van der Waals surface area contributed by atoms with Crippen molar-refractivity contribution in [2.45, 2.75) is 19.6 Å². The smallest absolute Gasteiger partial charge is 0.298 e. The van der Waals surface area contributed by atoms with E-state index in [9.17, 15) is 18.0 Å². The molecule has 1 heterocycles. The first kappa shape index (κ1) is 19.8. The minimum Gasteiger partial charge on any atom is -0.298 e. The summed E-state index contributed by atoms with van der Waals surface area (Å²) in [4.78, 5) is 12.5. The second-order valence-electron chi connectivity index (χ2n) is 6.02. The number of aryl methyl sites for hydroxylation is 1. The summed E-state index contributed by atoms with van der Waals surface area (Å²) in [5, 5.41) is 4.36. The third-order valence-electron chi connectivity index (χ3n) is 4.01. The number of rotatable bonds is 5. The largest absolute Gasteiger partial charge is 0.418 e. The summed E-state index contributed by atoms with van der Waals surface area (Å²) in [6.45, 7) is 1.96. The Labute approximate surface area is 164 Å². The van der Waals surface area contributed by atoms with Gasteiger partial charge < -0.3 is 0 Å². The maximum absolute atomic E-state index is 13.0. The first-order chi connectivity index (χ1) is 13.3. The number of anilines is 1. The van der Waals surface area contributed by atoms with Crippen LogP contribution in [0, 0.1) is 6.92 Å². The summed E-state index contributed by atoms with van der Waals surface area (Å²) in [5.41, 5.74) is 4.81. The van der Waals surface area contributed by atoms with E-state index in [4.69, 9.17) is 11.6 Å². The summed E-state index contributed by atoms with van der Waals surface area (Å²) in [5.74, 6) is -0.682. The number of carbonyl (C=O) groups excluding carboxylic acids is 1. The Morgan fingerprint density at radius 2 is 1.75 bits per heavy atom. The van der Waals surface area contributed by atoms with Gasteiger partial charge >= 0.3 is 6.18 Å². The molecule has 1 amide bonds. The number of hydrogen-bond acceptors (Lipinski definition) is 3. The highest BCUT2D eigenvalue weighted by Crippen LogP contribution is 2.34. The van der Waals surface area contributed by atoms with E-state index >= 15 is 0 Å². The molecule has 5 nitrogen and oxygen atoms in total. The van der Waals surface area contributed by atoms with Crippen LogP contribution in [0.15, 0.2) is 54.6 Å². The SMILES string of the molecule is Cc1nn(Cc2ccccc2)c(Cl)c1C(=O)NNc1ccccc1C(F)(F)F. The van der Waals surface area contributed by atoms with Gasteiger partial charge in [-0.2, -0.15) is 18.3 Å². The van der Waals surface area contributed by atoms with E-state index in [1.54, 1.807) is 6.92 Å². The van der Waals surface area contributed by atoms with Crippen molar-refractivity contribution in [2.24, 2.45) is 0 Å². The summed E-state index contributed by atoms with van der Waals surface area (Å²) in [7, 11) is 0. The molecule has 0 unspecified atom stereocenters. The predicted octanol–water partition coefficient (Wildman–Crippen LogP) is 4.67. The molecule has 0 saturated heterocycles. The number of carbonyl (C=O) groups is 1. The van der Waals surface area contributed by atoms with E-state index < -0.39 is 17.6 Å². The van der Waals surface area contributed by atoms with Crippen LogP contribution >= 0.6 is 11.6 Å². The lowest BCUT2D eigenvalue weighted by molar-refractivity contribution is -0.137. The second-order valence-corrected chi connectivity index (χ2v) is 6.37. The molecule has 146 valence electrons. The fourth-order valence-corrected chi connectivity index (χ4v) is 3.02. The van der Waals surface area contributed by atoms with Crippen LogP contribution in [-0.4, -0.2) is 15.7 Å². The van der Waals surface area contributed by atoms with Gasteiger partial charge in [-0.15, -0.1) is 0 Å². The molecule has 0 aliphatic carbocycles. The molecular weight excluding hydrogens is 393 g/mol. The molecule has 0 aliphatic heterocycles. The highest BCUT2D eigenvalue weighted by molar-refractivity contribution is 6.33. The molecule has 0 atom stereocenters. The summed E-state index contributed by atoms with van der Waals surface area (Å²) < 4.78 is 40.6. The third kappa shape index (κ3) is 4.28. The number of nitrogens with one attached hydrogen (secondary N) is 2. The van der Waals surface area contributed by atoms with E-state index in [0.717, 1.165) is 11.6 Å². The van der Waals surface area contributed by atoms with E-state index in [1.165, 1.54) is 22.9 Å². The first-order valence-corrected chi connectivity index (χ1v) is 8.64. The van der Waals surface area contributed by atoms with Crippen LogP contribution in [-0.2, 0) is 12.7 Å². The standard InChI is InChI=1S/C19H16ClF3N4O/c1-12-16(17(20)27(26-12)11-13-7-3-2-4-8-13)18(28)25-24-15-10-6-5-9-14(15)19(21,22)23/h2-10,24H,11H2,1H3,(H,25,28). The zero-order valence-corrected chi connectivity index (χ0v) is 15.5. The first-order valence-electron chi connectivity index (χ1n) is 8.27. The Bertz CT molecular complexity index is 987. The monoisotopic (exact) mass is 408 g/mol. The fraction of sp³-hybridized carbons (Fsp3) is 0.158. The van der Waals surface area contributed by atoms with Crippen molar-refractivity contribution in [1.82, 2.24) is 15.2 Å². The van der Waals surface area contributed by atoms with Crippen molar-refractivity contribution in [3.05, 3.63) is 82.1 Å². The number of alkyl halides is 3. The Kier molecular flexibility index (Phi) is 5.60. The fourth-order valence-electron chi connectivity index (χ4n) is 2.70. The molecule has 28 heavy (non-hydrogen) atoms. The zero-order chi connectivity index (χ0) is 20.3. The Balaban J connectivity index is 1.77. The molecule has 0 aliphatic rings. The maximum Gasteiger partial charge on any atom is 0.418 e. The molecule has 0 saturated carbocycles. The van der Waals surface area contributed by atoms with Crippen LogP contribution in [0.2, 0.25) is 5.15 Å². The van der Waals surface area contributed by atoms with Crippen LogP contribution in [0.3, 0.4) is 0 Å². The van der Waals surface area contributed by atoms with Gasteiger partial charge in [0.25, 0.3) is 5.91 Å². The lowest BCUT2D eigenvalue weighted by Crippen LogP contribution is -2.31. The highest BCUT2D eigenvalue weighted by Gasteiger charge is 2.33. The van der Waals surface area contributed by atoms with Crippen molar-refractivity contribution in [1.29, 1.82) is 0 Å². The summed E-state index contributed by atoms with van der Waals surface area (Å²) in [6.07, 6.45) is -4.55. The highest BCUT2D eigenvalue weighted by atomic mass is 35.5. The minimum atomic E-state index is -4.55. The lowest BCUT2D eigenvalue weighted by Gasteiger charge is -2.14. The number of nitrogens with zero attached hydrogens (tertiary/aromatic N) is 2. The molecule has 0 bridgehead atoms. The van der Waals surface area contributed by atoms with Crippen LogP contribution in [0.25, 0.3) is 0 Å². The van der Waals surface area contributed by atoms with E-state index in [2.05, 4.69) is 16.0 Å². The van der Waals surface area contributed by atoms with Gasteiger partial charge in [0.1, 0.15) is 10.7 Å². The number of aromatic nitrogens is 2. The Hall–Kier alpha value is -3.00. The molecule has 3 aromatic rings. The van der Waals surface area contributed by atoms with Crippen molar-refractivity contribution < 1.29 is 18.0 Å². The normalized spacial score (nSPS) is 11.3. The molecule has 0 radical (unpaired) electrons. The molecule has 2 N–H and O–H groups in total. The number of hydrazine groups is 1. The van der Waals surface area contributed by atoms with Gasteiger partial charge in [0.15, 0.2) is 0 Å². The molecule has 3 rings (SSSR count). The Morgan fingerprint density at radius 3 is 2.43 bits per heavy atom. The van der Waals surface area contributed by atoms with Gasteiger partial charge in [0, 0.05) is 0 Å². The van der Waals surface area contributed by atoms with Gasteiger partial charge in [-0.05, 0) is 24.6 Å². The van der Waals surface area contributed by atoms with Crippen molar-refractivity contribution in [3.8, 4) is 0 Å². The lowest BCUT2D eigenvalue weighted by atomic mass is 10.2.